The molecule has 0 aliphatic carbocycles. The molecule has 7 heteroatoms. The number of benzene rings is 2. The summed E-state index contributed by atoms with van der Waals surface area (Å²) in [7, 11) is -2.06. The first kappa shape index (κ1) is 19.4. The van der Waals surface area contributed by atoms with Crippen molar-refractivity contribution in [1.29, 1.82) is 0 Å². The number of ether oxygens (including phenoxy) is 1. The van der Waals surface area contributed by atoms with Gasteiger partial charge in [0.05, 0.1) is 12.0 Å². The fraction of sp³-hybridized carbons (Fsp3) is 0.350. The van der Waals surface area contributed by atoms with E-state index < -0.39 is 10.0 Å². The van der Waals surface area contributed by atoms with Gasteiger partial charge in [0.25, 0.3) is 5.91 Å². The molecule has 1 aliphatic rings. The number of methoxy groups -OCH3 is 1. The Morgan fingerprint density at radius 3 is 2.30 bits per heavy atom. The van der Waals surface area contributed by atoms with E-state index in [1.54, 1.807) is 17.0 Å². The van der Waals surface area contributed by atoms with Crippen molar-refractivity contribution in [3.05, 3.63) is 59.7 Å². The van der Waals surface area contributed by atoms with Gasteiger partial charge in [0.2, 0.25) is 10.0 Å². The van der Waals surface area contributed by atoms with Crippen molar-refractivity contribution in [1.82, 2.24) is 9.62 Å². The van der Waals surface area contributed by atoms with E-state index in [9.17, 15) is 13.2 Å². The van der Waals surface area contributed by atoms with Crippen LogP contribution in [0.4, 0.5) is 0 Å². The van der Waals surface area contributed by atoms with Gasteiger partial charge in [-0.2, -0.15) is 0 Å². The molecule has 2 aromatic carbocycles. The summed E-state index contributed by atoms with van der Waals surface area (Å²) in [5.74, 6) is 0.613. The average Bonchev–Trinajstić information content (AvgIpc) is 2.68. The molecule has 27 heavy (non-hydrogen) atoms. The number of likely N-dealkylation sites (tertiary alicyclic amines) is 1. The Kier molecular flexibility index (Phi) is 5.82. The molecule has 3 rings (SSSR count). The highest BCUT2D eigenvalue weighted by atomic mass is 32.2. The molecule has 0 bridgehead atoms. The van der Waals surface area contributed by atoms with Gasteiger partial charge in [-0.15, -0.1) is 0 Å². The van der Waals surface area contributed by atoms with Crippen molar-refractivity contribution in [3.8, 4) is 5.75 Å². The van der Waals surface area contributed by atoms with Crippen LogP contribution >= 0.6 is 0 Å². The molecule has 1 N–H and O–H groups in total. The molecule has 0 atom stereocenters. The first-order valence-corrected chi connectivity index (χ1v) is 10.4. The van der Waals surface area contributed by atoms with Gasteiger partial charge < -0.3 is 9.64 Å². The number of carbonyl (C=O) groups is 1. The van der Waals surface area contributed by atoms with E-state index in [1.165, 1.54) is 19.2 Å². The van der Waals surface area contributed by atoms with E-state index in [0.29, 0.717) is 37.2 Å². The minimum atomic E-state index is -3.59. The molecule has 1 heterocycles. The van der Waals surface area contributed by atoms with Crippen molar-refractivity contribution in [2.24, 2.45) is 0 Å². The molecular weight excluding hydrogens is 364 g/mol. The number of nitrogens with zero attached hydrogens (tertiary/aromatic N) is 1. The van der Waals surface area contributed by atoms with Crippen LogP contribution in [0.3, 0.4) is 0 Å². The van der Waals surface area contributed by atoms with E-state index in [2.05, 4.69) is 4.72 Å². The zero-order valence-electron chi connectivity index (χ0n) is 15.5. The van der Waals surface area contributed by atoms with E-state index in [-0.39, 0.29) is 16.8 Å². The number of hydrogen-bond donors (Lipinski definition) is 1. The molecule has 0 saturated carbocycles. The van der Waals surface area contributed by atoms with Gasteiger partial charge in [0.15, 0.2) is 0 Å². The zero-order chi connectivity index (χ0) is 19.4. The first-order valence-electron chi connectivity index (χ1n) is 8.92. The van der Waals surface area contributed by atoms with E-state index >= 15 is 0 Å². The predicted octanol–water partition coefficient (Wildman–Crippen LogP) is 2.59. The van der Waals surface area contributed by atoms with E-state index in [4.69, 9.17) is 4.74 Å². The Labute approximate surface area is 160 Å². The van der Waals surface area contributed by atoms with Crippen LogP contribution in [0, 0.1) is 6.92 Å². The second-order valence-electron chi connectivity index (χ2n) is 6.68. The molecule has 1 amide bonds. The molecule has 144 valence electrons. The number of piperidine rings is 1. The van der Waals surface area contributed by atoms with Gasteiger partial charge in [-0.25, -0.2) is 13.1 Å². The van der Waals surface area contributed by atoms with Crippen LogP contribution in [0.25, 0.3) is 0 Å². The van der Waals surface area contributed by atoms with Crippen LogP contribution in [0.1, 0.15) is 28.8 Å². The molecule has 0 spiro atoms. The van der Waals surface area contributed by atoms with Gasteiger partial charge in [0.1, 0.15) is 5.75 Å². The van der Waals surface area contributed by atoms with E-state index in [1.807, 2.05) is 31.2 Å². The van der Waals surface area contributed by atoms with Gasteiger partial charge in [-0.05, 0) is 55.7 Å². The normalized spacial score (nSPS) is 15.6. The van der Waals surface area contributed by atoms with Gasteiger partial charge in [0, 0.05) is 24.7 Å². The number of amides is 1. The summed E-state index contributed by atoms with van der Waals surface area (Å²) in [6.45, 7) is 2.98. The number of nitrogens with one attached hydrogen (secondary N) is 1. The number of rotatable bonds is 5. The summed E-state index contributed by atoms with van der Waals surface area (Å²) in [5, 5.41) is 0. The Hall–Kier alpha value is -2.38. The fourth-order valence-corrected chi connectivity index (χ4v) is 4.53. The highest BCUT2D eigenvalue weighted by molar-refractivity contribution is 7.89. The monoisotopic (exact) mass is 388 g/mol. The lowest BCUT2D eigenvalue weighted by molar-refractivity contribution is 0.0710. The molecule has 6 nitrogen and oxygen atoms in total. The van der Waals surface area contributed by atoms with Crippen molar-refractivity contribution in [2.45, 2.75) is 30.7 Å². The van der Waals surface area contributed by atoms with Crippen LogP contribution in [0.5, 0.6) is 5.75 Å². The second kappa shape index (κ2) is 8.10. The minimum absolute atomic E-state index is 0.00422. The lowest BCUT2D eigenvalue weighted by Crippen LogP contribution is -2.46. The molecule has 2 aromatic rings. The lowest BCUT2D eigenvalue weighted by Gasteiger charge is -2.32. The third-order valence-electron chi connectivity index (χ3n) is 4.85. The fourth-order valence-electron chi connectivity index (χ4n) is 3.23. The quantitative estimate of drug-likeness (QED) is 0.854. The molecule has 0 radical (unpaired) electrons. The third kappa shape index (κ3) is 4.48. The third-order valence-corrected chi connectivity index (χ3v) is 6.39. The smallest absolute Gasteiger partial charge is 0.254 e. The summed E-state index contributed by atoms with van der Waals surface area (Å²) < 4.78 is 32.9. The summed E-state index contributed by atoms with van der Waals surface area (Å²) in [6.07, 6.45) is 1.18. The van der Waals surface area contributed by atoms with Crippen molar-refractivity contribution in [2.75, 3.05) is 20.2 Å². The molecular formula is C20H24N2O4S. The SMILES string of the molecule is COc1ccc(S(=O)(=O)NC2CCN(C(=O)c3ccccc3C)CC2)cc1. The number of sulfonamides is 1. The van der Waals surface area contributed by atoms with Crippen molar-refractivity contribution >= 4 is 15.9 Å². The molecule has 1 saturated heterocycles. The molecule has 1 aliphatic heterocycles. The minimum Gasteiger partial charge on any atom is -0.497 e. The van der Waals surface area contributed by atoms with Crippen LogP contribution < -0.4 is 9.46 Å². The molecule has 1 fully saturated rings. The zero-order valence-corrected chi connectivity index (χ0v) is 16.3. The molecule has 0 aromatic heterocycles. The topological polar surface area (TPSA) is 75.7 Å². The predicted molar refractivity (Wildman–Crippen MR) is 103 cm³/mol. The lowest BCUT2D eigenvalue weighted by atomic mass is 10.0. The molecule has 0 unspecified atom stereocenters. The number of aryl methyl sites for hydroxylation is 1. The van der Waals surface area contributed by atoms with Crippen LogP contribution in [-0.4, -0.2) is 45.5 Å². The second-order valence-corrected chi connectivity index (χ2v) is 8.39. The maximum absolute atomic E-state index is 12.7. The van der Waals surface area contributed by atoms with Crippen LogP contribution in [0.15, 0.2) is 53.4 Å². The van der Waals surface area contributed by atoms with E-state index in [0.717, 1.165) is 5.56 Å². The Morgan fingerprint density at radius 2 is 1.70 bits per heavy atom. The van der Waals surface area contributed by atoms with Crippen molar-refractivity contribution < 1.29 is 17.9 Å². The number of carbonyl (C=O) groups excluding carboxylic acids is 1. The Balaban J connectivity index is 1.60. The largest absolute Gasteiger partial charge is 0.497 e. The van der Waals surface area contributed by atoms with Crippen molar-refractivity contribution in [3.63, 3.8) is 0 Å². The highest BCUT2D eigenvalue weighted by Crippen LogP contribution is 2.20. The average molecular weight is 388 g/mol. The standard InChI is InChI=1S/C20H24N2O4S/c1-15-5-3-4-6-19(15)20(23)22-13-11-16(12-14-22)21-27(24,25)18-9-7-17(26-2)8-10-18/h3-10,16,21H,11-14H2,1-2H3. The summed E-state index contributed by atoms with van der Waals surface area (Å²) in [6, 6.07) is 13.6. The summed E-state index contributed by atoms with van der Waals surface area (Å²) >= 11 is 0. The maximum atomic E-state index is 12.7. The first-order chi connectivity index (χ1) is 12.9. The maximum Gasteiger partial charge on any atom is 0.254 e. The Morgan fingerprint density at radius 1 is 1.07 bits per heavy atom. The van der Waals surface area contributed by atoms with Gasteiger partial charge >= 0.3 is 0 Å². The van der Waals surface area contributed by atoms with Gasteiger partial charge in [-0.3, -0.25) is 4.79 Å². The van der Waals surface area contributed by atoms with Gasteiger partial charge in [-0.1, -0.05) is 18.2 Å². The highest BCUT2D eigenvalue weighted by Gasteiger charge is 2.27. The summed E-state index contributed by atoms with van der Waals surface area (Å²) in [5.41, 5.74) is 1.65. The van der Waals surface area contributed by atoms with Crippen LogP contribution in [-0.2, 0) is 10.0 Å². The Bertz CT molecular complexity index is 902. The number of hydrogen-bond acceptors (Lipinski definition) is 4. The van der Waals surface area contributed by atoms with Crippen LogP contribution in [0.2, 0.25) is 0 Å². The summed E-state index contributed by atoms with van der Waals surface area (Å²) in [4.78, 5) is 14.7.